The molecular formula is C24H34N4O2S. The number of nitrogens with zero attached hydrogens (tertiary/aromatic N) is 2. The van der Waals surface area contributed by atoms with Gasteiger partial charge in [0.25, 0.3) is 5.91 Å². The van der Waals surface area contributed by atoms with Crippen LogP contribution in [0.15, 0.2) is 29.6 Å². The molecule has 0 bridgehead atoms. The highest BCUT2D eigenvalue weighted by molar-refractivity contribution is 7.13. The highest BCUT2D eigenvalue weighted by atomic mass is 32.1. The number of thiazole rings is 1. The van der Waals surface area contributed by atoms with Crippen LogP contribution < -0.4 is 10.6 Å². The maximum atomic E-state index is 12.3. The summed E-state index contributed by atoms with van der Waals surface area (Å²) in [6, 6.07) is 7.50. The Balaban J connectivity index is 1.46. The van der Waals surface area contributed by atoms with Gasteiger partial charge in [-0.05, 0) is 41.4 Å². The van der Waals surface area contributed by atoms with E-state index in [1.54, 1.807) is 12.1 Å². The lowest BCUT2D eigenvalue weighted by Gasteiger charge is -2.34. The predicted octanol–water partition coefficient (Wildman–Crippen LogP) is 4.29. The van der Waals surface area contributed by atoms with E-state index in [9.17, 15) is 9.59 Å². The van der Waals surface area contributed by atoms with Gasteiger partial charge >= 0.3 is 0 Å². The van der Waals surface area contributed by atoms with Gasteiger partial charge in [0, 0.05) is 30.6 Å². The molecule has 0 saturated carbocycles. The van der Waals surface area contributed by atoms with Gasteiger partial charge in [-0.1, -0.05) is 46.8 Å². The number of rotatable bonds is 6. The molecule has 1 aromatic carbocycles. The first-order chi connectivity index (χ1) is 14.6. The molecule has 1 aliphatic heterocycles. The molecule has 0 aliphatic carbocycles. The van der Waals surface area contributed by atoms with E-state index in [1.165, 1.54) is 17.8 Å². The fourth-order valence-corrected chi connectivity index (χ4v) is 4.85. The first-order valence-corrected chi connectivity index (χ1v) is 11.8. The van der Waals surface area contributed by atoms with E-state index >= 15 is 0 Å². The van der Waals surface area contributed by atoms with Crippen LogP contribution in [-0.2, 0) is 16.8 Å². The number of carbonyl (C=O) groups excluding carboxylic acids is 2. The third-order valence-electron chi connectivity index (χ3n) is 5.55. The van der Waals surface area contributed by atoms with E-state index in [-0.39, 0.29) is 23.8 Å². The summed E-state index contributed by atoms with van der Waals surface area (Å²) in [7, 11) is 0. The van der Waals surface area contributed by atoms with Crippen LogP contribution in [0.1, 0.15) is 62.7 Å². The standard InChI is InChI=1S/C24H34N4O2S/c1-16-10-17(2)13-28(12-16)14-20-15-31-23(26-20)27-21(29)11-25-22(30)18-6-8-19(9-7-18)24(3,4)5/h6-9,15-17H,10-14H2,1-5H3,(H,25,30)(H,26,27,29)/t16-,17-/m0/s1. The zero-order valence-electron chi connectivity index (χ0n) is 19.2. The number of anilines is 1. The number of hydrogen-bond acceptors (Lipinski definition) is 5. The quantitative estimate of drug-likeness (QED) is 0.700. The lowest BCUT2D eigenvalue weighted by atomic mass is 9.87. The molecule has 7 heteroatoms. The van der Waals surface area contributed by atoms with Crippen LogP contribution in [0.25, 0.3) is 0 Å². The third kappa shape index (κ3) is 6.87. The van der Waals surface area contributed by atoms with Gasteiger partial charge in [0.15, 0.2) is 5.13 Å². The van der Waals surface area contributed by atoms with Crippen LogP contribution in [0, 0.1) is 11.8 Å². The molecule has 1 aromatic heterocycles. The first kappa shape index (κ1) is 23.4. The van der Waals surface area contributed by atoms with Crippen molar-refractivity contribution in [2.24, 2.45) is 11.8 Å². The smallest absolute Gasteiger partial charge is 0.251 e. The second-order valence-electron chi connectivity index (χ2n) is 9.84. The Labute approximate surface area is 189 Å². The number of carbonyl (C=O) groups is 2. The van der Waals surface area contributed by atoms with E-state index in [1.807, 2.05) is 17.5 Å². The molecule has 2 heterocycles. The molecule has 3 rings (SSSR count). The minimum Gasteiger partial charge on any atom is -0.343 e. The molecule has 2 aromatic rings. The second-order valence-corrected chi connectivity index (χ2v) is 10.7. The number of piperidine rings is 1. The summed E-state index contributed by atoms with van der Waals surface area (Å²) < 4.78 is 0. The number of nitrogens with one attached hydrogen (secondary N) is 2. The van der Waals surface area contributed by atoms with E-state index in [4.69, 9.17) is 0 Å². The highest BCUT2D eigenvalue weighted by Crippen LogP contribution is 2.24. The molecule has 2 atom stereocenters. The fourth-order valence-electron chi connectivity index (χ4n) is 4.13. The van der Waals surface area contributed by atoms with Gasteiger partial charge in [-0.25, -0.2) is 4.98 Å². The Kier molecular flexibility index (Phi) is 7.49. The third-order valence-corrected chi connectivity index (χ3v) is 6.36. The highest BCUT2D eigenvalue weighted by Gasteiger charge is 2.22. The van der Waals surface area contributed by atoms with Crippen molar-refractivity contribution in [2.45, 2.75) is 53.0 Å². The van der Waals surface area contributed by atoms with Crippen LogP contribution in [0.4, 0.5) is 5.13 Å². The molecule has 0 spiro atoms. The van der Waals surface area contributed by atoms with Crippen LogP contribution in [-0.4, -0.2) is 41.3 Å². The SMILES string of the molecule is C[C@H]1C[C@H](C)CN(Cc2csc(NC(=O)CNC(=O)c3ccc(C(C)(C)C)cc3)n2)C1. The normalized spacial score (nSPS) is 19.8. The lowest BCUT2D eigenvalue weighted by molar-refractivity contribution is -0.115. The Morgan fingerprint density at radius 2 is 1.77 bits per heavy atom. The first-order valence-electron chi connectivity index (χ1n) is 11.0. The molecule has 168 valence electrons. The molecule has 1 aliphatic rings. The summed E-state index contributed by atoms with van der Waals surface area (Å²) in [5, 5.41) is 8.03. The van der Waals surface area contributed by atoms with Crippen molar-refractivity contribution in [2.75, 3.05) is 25.0 Å². The lowest BCUT2D eigenvalue weighted by Crippen LogP contribution is -2.38. The summed E-state index contributed by atoms with van der Waals surface area (Å²) >= 11 is 1.42. The molecule has 1 fully saturated rings. The molecular weight excluding hydrogens is 408 g/mol. The van der Waals surface area contributed by atoms with Crippen LogP contribution in [0.2, 0.25) is 0 Å². The maximum Gasteiger partial charge on any atom is 0.251 e. The average molecular weight is 443 g/mol. The van der Waals surface area contributed by atoms with E-state index in [0.29, 0.717) is 22.5 Å². The predicted molar refractivity (Wildman–Crippen MR) is 126 cm³/mol. The number of likely N-dealkylation sites (tertiary alicyclic amines) is 1. The Hall–Kier alpha value is -2.25. The van der Waals surface area contributed by atoms with Gasteiger partial charge in [0.1, 0.15) is 0 Å². The molecule has 0 radical (unpaired) electrons. The summed E-state index contributed by atoms with van der Waals surface area (Å²) in [5.41, 5.74) is 2.72. The maximum absolute atomic E-state index is 12.3. The molecule has 2 amide bonds. The van der Waals surface area contributed by atoms with E-state index in [2.05, 4.69) is 55.1 Å². The van der Waals surface area contributed by atoms with Gasteiger partial charge in [-0.3, -0.25) is 14.5 Å². The zero-order valence-corrected chi connectivity index (χ0v) is 20.0. The average Bonchev–Trinajstić information content (AvgIpc) is 3.11. The summed E-state index contributed by atoms with van der Waals surface area (Å²) in [5.74, 6) is 0.870. The van der Waals surface area contributed by atoms with Crippen molar-refractivity contribution < 1.29 is 9.59 Å². The van der Waals surface area contributed by atoms with Crippen LogP contribution in [0.3, 0.4) is 0 Å². The minimum atomic E-state index is -0.277. The van der Waals surface area contributed by atoms with Crippen molar-refractivity contribution in [3.63, 3.8) is 0 Å². The van der Waals surface area contributed by atoms with Crippen molar-refractivity contribution in [1.29, 1.82) is 0 Å². The molecule has 2 N–H and O–H groups in total. The van der Waals surface area contributed by atoms with Gasteiger partial charge in [0.2, 0.25) is 5.91 Å². The van der Waals surface area contributed by atoms with Crippen LogP contribution in [0.5, 0.6) is 0 Å². The van der Waals surface area contributed by atoms with E-state index in [0.717, 1.165) is 30.9 Å². The monoisotopic (exact) mass is 442 g/mol. The van der Waals surface area contributed by atoms with E-state index < -0.39 is 0 Å². The number of hydrogen-bond donors (Lipinski definition) is 2. The summed E-state index contributed by atoms with van der Waals surface area (Å²) in [6.45, 7) is 13.9. The van der Waals surface area contributed by atoms with Crippen molar-refractivity contribution in [3.05, 3.63) is 46.5 Å². The molecule has 1 saturated heterocycles. The molecule has 6 nitrogen and oxygen atoms in total. The topological polar surface area (TPSA) is 74.3 Å². The van der Waals surface area contributed by atoms with Crippen molar-refractivity contribution in [3.8, 4) is 0 Å². The summed E-state index contributed by atoms with van der Waals surface area (Å²) in [6.07, 6.45) is 1.28. The van der Waals surface area contributed by atoms with Gasteiger partial charge in [0.05, 0.1) is 12.2 Å². The molecule has 0 unspecified atom stereocenters. The Morgan fingerprint density at radius 3 is 2.39 bits per heavy atom. The van der Waals surface area contributed by atoms with Crippen LogP contribution >= 0.6 is 11.3 Å². The van der Waals surface area contributed by atoms with Crippen molar-refractivity contribution >= 4 is 28.3 Å². The van der Waals surface area contributed by atoms with Gasteiger partial charge in [-0.2, -0.15) is 0 Å². The van der Waals surface area contributed by atoms with Gasteiger partial charge in [-0.15, -0.1) is 11.3 Å². The number of aromatic nitrogens is 1. The summed E-state index contributed by atoms with van der Waals surface area (Å²) in [4.78, 5) is 31.6. The molecule has 31 heavy (non-hydrogen) atoms. The zero-order chi connectivity index (χ0) is 22.6. The Morgan fingerprint density at radius 1 is 1.13 bits per heavy atom. The Bertz CT molecular complexity index is 891. The number of benzene rings is 1. The second kappa shape index (κ2) is 9.92. The van der Waals surface area contributed by atoms with Crippen molar-refractivity contribution in [1.82, 2.24) is 15.2 Å². The largest absolute Gasteiger partial charge is 0.343 e. The fraction of sp³-hybridized carbons (Fsp3) is 0.542. The van der Waals surface area contributed by atoms with Gasteiger partial charge < -0.3 is 10.6 Å². The minimum absolute atomic E-state index is 0.0337. The number of amides is 2.